The van der Waals surface area contributed by atoms with Crippen LogP contribution >= 0.6 is 0 Å². The van der Waals surface area contributed by atoms with Crippen LogP contribution in [0, 0.1) is 0 Å². The molecule has 0 saturated carbocycles. The Morgan fingerprint density at radius 2 is 1.68 bits per heavy atom. The lowest BCUT2D eigenvalue weighted by atomic mass is 9.77. The van der Waals surface area contributed by atoms with E-state index in [2.05, 4.69) is 0 Å². The maximum absolute atomic E-state index is 13.0. The standard InChI is InChI=1S/C21H19NO6/c22-9-8-14(23)28-13-7-3-6-12-15(13)21(27)17-16(20(12)26)18(24)10-4-1-2-5-11(10)19(17)25/h1-2,4-5,13,26-27H,3,6-9,22H2/t13-/m0/s1. The van der Waals surface area contributed by atoms with Crippen molar-refractivity contribution in [1.29, 1.82) is 0 Å². The Morgan fingerprint density at radius 3 is 2.29 bits per heavy atom. The molecular weight excluding hydrogens is 362 g/mol. The molecule has 0 spiro atoms. The summed E-state index contributed by atoms with van der Waals surface area (Å²) in [5, 5.41) is 21.8. The summed E-state index contributed by atoms with van der Waals surface area (Å²) in [7, 11) is 0. The lowest BCUT2D eigenvalue weighted by molar-refractivity contribution is -0.150. The molecule has 0 amide bonds. The smallest absolute Gasteiger partial charge is 0.307 e. The van der Waals surface area contributed by atoms with Gasteiger partial charge in [-0.3, -0.25) is 14.4 Å². The Balaban J connectivity index is 1.91. The maximum Gasteiger partial charge on any atom is 0.307 e. The normalized spacial score (nSPS) is 17.5. The van der Waals surface area contributed by atoms with Gasteiger partial charge in [-0.1, -0.05) is 24.3 Å². The van der Waals surface area contributed by atoms with Crippen LogP contribution in [0.4, 0.5) is 0 Å². The molecule has 4 rings (SSSR count). The first-order valence-corrected chi connectivity index (χ1v) is 9.14. The van der Waals surface area contributed by atoms with Crippen LogP contribution in [0.15, 0.2) is 24.3 Å². The van der Waals surface area contributed by atoms with Crippen LogP contribution in [-0.2, 0) is 16.0 Å². The lowest BCUT2D eigenvalue weighted by Crippen LogP contribution is -2.25. The van der Waals surface area contributed by atoms with Crippen LogP contribution in [0.3, 0.4) is 0 Å². The summed E-state index contributed by atoms with van der Waals surface area (Å²) in [6.07, 6.45) is 0.648. The Bertz CT molecular complexity index is 1030. The summed E-state index contributed by atoms with van der Waals surface area (Å²) in [6, 6.07) is 6.29. The zero-order chi connectivity index (χ0) is 20.0. The first kappa shape index (κ1) is 18.2. The SMILES string of the molecule is NCCC(=O)O[C@H]1CCCc2c(O)c3c(c(O)c21)C(=O)c1ccccc1C3=O. The highest BCUT2D eigenvalue weighted by Gasteiger charge is 2.40. The van der Waals surface area contributed by atoms with Crippen LogP contribution < -0.4 is 5.73 Å². The summed E-state index contributed by atoms with van der Waals surface area (Å²) in [5.74, 6) is -2.30. The third-order valence-electron chi connectivity index (χ3n) is 5.30. The van der Waals surface area contributed by atoms with Crippen LogP contribution in [0.25, 0.3) is 0 Å². The van der Waals surface area contributed by atoms with Crippen molar-refractivity contribution in [2.24, 2.45) is 5.73 Å². The van der Waals surface area contributed by atoms with Gasteiger partial charge in [0.05, 0.1) is 17.5 Å². The topological polar surface area (TPSA) is 127 Å². The average Bonchev–Trinajstić information content (AvgIpc) is 2.69. The molecule has 28 heavy (non-hydrogen) atoms. The van der Waals surface area contributed by atoms with Gasteiger partial charge in [-0.05, 0) is 19.3 Å². The van der Waals surface area contributed by atoms with Gasteiger partial charge in [0.2, 0.25) is 0 Å². The van der Waals surface area contributed by atoms with Gasteiger partial charge in [0.1, 0.15) is 17.6 Å². The molecule has 0 unspecified atom stereocenters. The molecule has 7 nitrogen and oxygen atoms in total. The minimum atomic E-state index is -0.806. The molecule has 2 aliphatic carbocycles. The van der Waals surface area contributed by atoms with Gasteiger partial charge in [0.25, 0.3) is 0 Å². The van der Waals surface area contributed by atoms with Crippen molar-refractivity contribution in [3.63, 3.8) is 0 Å². The first-order valence-electron chi connectivity index (χ1n) is 9.14. The predicted molar refractivity (Wildman–Crippen MR) is 98.5 cm³/mol. The molecule has 2 aromatic rings. The fourth-order valence-electron chi connectivity index (χ4n) is 4.05. The monoisotopic (exact) mass is 381 g/mol. The van der Waals surface area contributed by atoms with Gasteiger partial charge in [-0.25, -0.2) is 0 Å². The highest BCUT2D eigenvalue weighted by molar-refractivity contribution is 6.30. The van der Waals surface area contributed by atoms with E-state index in [-0.39, 0.29) is 46.5 Å². The van der Waals surface area contributed by atoms with Crippen molar-refractivity contribution in [3.05, 3.63) is 57.6 Å². The third-order valence-corrected chi connectivity index (χ3v) is 5.30. The van der Waals surface area contributed by atoms with Crippen LogP contribution in [0.5, 0.6) is 11.5 Å². The number of ketones is 2. The Kier molecular flexibility index (Phi) is 4.39. The summed E-state index contributed by atoms with van der Waals surface area (Å²) in [6.45, 7) is 0.129. The molecule has 0 fully saturated rings. The molecule has 0 heterocycles. The summed E-state index contributed by atoms with van der Waals surface area (Å²) in [4.78, 5) is 37.8. The van der Waals surface area contributed by atoms with E-state index in [0.29, 0.717) is 24.8 Å². The largest absolute Gasteiger partial charge is 0.507 e. The highest BCUT2D eigenvalue weighted by atomic mass is 16.5. The third kappa shape index (κ3) is 2.58. The van der Waals surface area contributed by atoms with Crippen LogP contribution in [0.1, 0.15) is 68.3 Å². The maximum atomic E-state index is 13.0. The van der Waals surface area contributed by atoms with Gasteiger partial charge < -0.3 is 20.7 Å². The number of ether oxygens (including phenoxy) is 1. The molecule has 0 aliphatic heterocycles. The molecule has 0 bridgehead atoms. The van der Waals surface area contributed by atoms with E-state index in [1.807, 2.05) is 0 Å². The van der Waals surface area contributed by atoms with E-state index in [1.54, 1.807) is 12.1 Å². The van der Waals surface area contributed by atoms with E-state index in [0.717, 1.165) is 0 Å². The van der Waals surface area contributed by atoms with Crippen LogP contribution in [0.2, 0.25) is 0 Å². The second-order valence-corrected chi connectivity index (χ2v) is 6.95. The lowest BCUT2D eigenvalue weighted by Gasteiger charge is -2.30. The van der Waals surface area contributed by atoms with Gasteiger partial charge in [-0.2, -0.15) is 0 Å². The number of rotatable bonds is 3. The van der Waals surface area contributed by atoms with E-state index in [4.69, 9.17) is 10.5 Å². The number of benzene rings is 2. The molecule has 144 valence electrons. The molecule has 2 aliphatic rings. The number of esters is 1. The zero-order valence-corrected chi connectivity index (χ0v) is 15.0. The van der Waals surface area contributed by atoms with Crippen molar-refractivity contribution >= 4 is 17.5 Å². The second-order valence-electron chi connectivity index (χ2n) is 6.95. The molecule has 2 aromatic carbocycles. The Hall–Kier alpha value is -3.19. The number of aromatic hydroxyl groups is 2. The molecule has 0 saturated heterocycles. The van der Waals surface area contributed by atoms with E-state index in [1.165, 1.54) is 12.1 Å². The predicted octanol–water partition coefficient (Wildman–Crippen LogP) is 2.14. The number of fused-ring (bicyclic) bond motifs is 3. The molecule has 7 heteroatoms. The number of carbonyl (C=O) groups is 3. The average molecular weight is 381 g/mol. The van der Waals surface area contributed by atoms with Crippen molar-refractivity contribution < 1.29 is 29.3 Å². The Labute approximate surface area is 160 Å². The number of nitrogens with two attached hydrogens (primary N) is 1. The minimum Gasteiger partial charge on any atom is -0.507 e. The molecular formula is C21H19NO6. The van der Waals surface area contributed by atoms with Crippen LogP contribution in [-0.4, -0.2) is 34.3 Å². The van der Waals surface area contributed by atoms with Gasteiger partial charge in [0.15, 0.2) is 11.6 Å². The first-order chi connectivity index (χ1) is 13.5. The van der Waals surface area contributed by atoms with Crippen molar-refractivity contribution in [2.45, 2.75) is 31.8 Å². The van der Waals surface area contributed by atoms with Crippen molar-refractivity contribution in [2.75, 3.05) is 6.54 Å². The second kappa shape index (κ2) is 6.76. The Morgan fingerprint density at radius 1 is 1.07 bits per heavy atom. The number of phenolic OH excluding ortho intramolecular Hbond substituents is 2. The number of carbonyl (C=O) groups excluding carboxylic acids is 3. The zero-order valence-electron chi connectivity index (χ0n) is 15.0. The number of hydrogen-bond donors (Lipinski definition) is 3. The van der Waals surface area contributed by atoms with Crippen molar-refractivity contribution in [1.82, 2.24) is 0 Å². The van der Waals surface area contributed by atoms with Gasteiger partial charge in [-0.15, -0.1) is 0 Å². The van der Waals surface area contributed by atoms with E-state index < -0.39 is 29.4 Å². The summed E-state index contributed by atoms with van der Waals surface area (Å²) >= 11 is 0. The van der Waals surface area contributed by atoms with E-state index in [9.17, 15) is 24.6 Å². The van der Waals surface area contributed by atoms with Crippen molar-refractivity contribution in [3.8, 4) is 11.5 Å². The minimum absolute atomic E-state index is 0.0221. The fourth-order valence-corrected chi connectivity index (χ4v) is 4.05. The molecule has 4 N–H and O–H groups in total. The summed E-state index contributed by atoms with van der Waals surface area (Å²) in [5.41, 5.74) is 5.86. The molecule has 0 aromatic heterocycles. The van der Waals surface area contributed by atoms with E-state index >= 15 is 0 Å². The number of phenols is 2. The molecule has 1 atom stereocenters. The summed E-state index contributed by atoms with van der Waals surface area (Å²) < 4.78 is 5.43. The highest BCUT2D eigenvalue weighted by Crippen LogP contribution is 2.49. The van der Waals surface area contributed by atoms with Gasteiger partial charge >= 0.3 is 5.97 Å². The van der Waals surface area contributed by atoms with Gasteiger partial charge in [0, 0.05) is 28.8 Å². The number of hydrogen-bond acceptors (Lipinski definition) is 7. The molecule has 0 radical (unpaired) electrons. The fraction of sp³-hybridized carbons (Fsp3) is 0.286. The quantitative estimate of drug-likeness (QED) is 0.468.